The first-order chi connectivity index (χ1) is 16.7. The molecule has 1 aliphatic heterocycles. The maximum atomic E-state index is 13.0. The Morgan fingerprint density at radius 1 is 1.00 bits per heavy atom. The third kappa shape index (κ3) is 5.48. The highest BCUT2D eigenvalue weighted by atomic mass is 35.5. The molecule has 8 heteroatoms. The molecular formula is C27H27ClN4O3. The van der Waals surface area contributed by atoms with Crippen molar-refractivity contribution < 1.29 is 14.7 Å². The van der Waals surface area contributed by atoms with Crippen molar-refractivity contribution in [1.82, 2.24) is 4.90 Å². The van der Waals surface area contributed by atoms with Gasteiger partial charge in [0.05, 0.1) is 17.0 Å². The third-order valence-corrected chi connectivity index (χ3v) is 6.04. The maximum absolute atomic E-state index is 13.0. The molecule has 2 amide bonds. The van der Waals surface area contributed by atoms with E-state index in [2.05, 4.69) is 10.6 Å². The largest absolute Gasteiger partial charge is 0.508 e. The maximum Gasteiger partial charge on any atom is 0.258 e. The molecule has 1 heterocycles. The molecule has 7 nitrogen and oxygen atoms in total. The number of halogens is 1. The summed E-state index contributed by atoms with van der Waals surface area (Å²) in [5, 5.41) is 16.5. The lowest BCUT2D eigenvalue weighted by Crippen LogP contribution is -2.29. The monoisotopic (exact) mass is 490 g/mol. The lowest BCUT2D eigenvalue weighted by Gasteiger charge is -2.20. The normalized spacial score (nSPS) is 13.9. The Bertz CT molecular complexity index is 1280. The fraction of sp³-hybridized carbons (Fsp3) is 0.185. The number of hydrogen-bond acceptors (Lipinski definition) is 5. The molecule has 0 bridgehead atoms. The van der Waals surface area contributed by atoms with Crippen molar-refractivity contribution in [2.45, 2.75) is 6.42 Å². The first-order valence-electron chi connectivity index (χ1n) is 11.2. The zero-order chi connectivity index (χ0) is 25.1. The van der Waals surface area contributed by atoms with Crippen molar-refractivity contribution in [2.75, 3.05) is 43.2 Å². The van der Waals surface area contributed by atoms with E-state index < -0.39 is 0 Å². The van der Waals surface area contributed by atoms with Crippen LogP contribution in [-0.4, -0.2) is 49.5 Å². The van der Waals surface area contributed by atoms with E-state index in [1.165, 1.54) is 0 Å². The molecular weight excluding hydrogens is 464 g/mol. The smallest absolute Gasteiger partial charge is 0.258 e. The van der Waals surface area contributed by atoms with Crippen LogP contribution in [0.4, 0.5) is 17.1 Å². The van der Waals surface area contributed by atoms with Crippen molar-refractivity contribution in [3.05, 3.63) is 82.9 Å². The van der Waals surface area contributed by atoms with Crippen LogP contribution < -0.4 is 15.5 Å². The number of nitrogens with one attached hydrogen (secondary N) is 2. The molecule has 3 aromatic rings. The number of benzene rings is 3. The SMILES string of the molecule is CN(C)CCC(=O)N(C)c1ccc(NC(=C2C(=O)Nc3cc(Cl)ccc32)c2ccc(O)cc2)cc1. The summed E-state index contributed by atoms with van der Waals surface area (Å²) in [6.45, 7) is 0.682. The van der Waals surface area contributed by atoms with Crippen LogP contribution >= 0.6 is 11.6 Å². The molecule has 0 radical (unpaired) electrons. The first kappa shape index (κ1) is 24.3. The van der Waals surface area contributed by atoms with E-state index in [9.17, 15) is 14.7 Å². The van der Waals surface area contributed by atoms with E-state index in [-0.39, 0.29) is 17.6 Å². The molecule has 0 aliphatic carbocycles. The lowest BCUT2D eigenvalue weighted by atomic mass is 10.00. The second-order valence-electron chi connectivity index (χ2n) is 8.62. The molecule has 0 saturated carbocycles. The number of phenolic OH excluding ortho intramolecular Hbond substituents is 1. The van der Waals surface area contributed by atoms with Gasteiger partial charge in [-0.2, -0.15) is 0 Å². The van der Waals surface area contributed by atoms with Crippen LogP contribution in [0.5, 0.6) is 5.75 Å². The Labute approximate surface area is 209 Å². The number of carbonyl (C=O) groups excluding carboxylic acids is 2. The fourth-order valence-electron chi connectivity index (χ4n) is 3.84. The number of phenols is 1. The van der Waals surface area contributed by atoms with Gasteiger partial charge in [0, 0.05) is 42.0 Å². The summed E-state index contributed by atoms with van der Waals surface area (Å²) in [5.41, 5.74) is 4.69. The van der Waals surface area contributed by atoms with Crippen LogP contribution in [0.25, 0.3) is 11.3 Å². The molecule has 0 unspecified atom stereocenters. The number of aromatic hydroxyl groups is 1. The molecule has 4 rings (SSSR count). The number of fused-ring (bicyclic) bond motifs is 1. The van der Waals surface area contributed by atoms with Gasteiger partial charge in [0.15, 0.2) is 0 Å². The molecule has 180 valence electrons. The summed E-state index contributed by atoms with van der Waals surface area (Å²) in [4.78, 5) is 29.1. The van der Waals surface area contributed by atoms with E-state index >= 15 is 0 Å². The van der Waals surface area contributed by atoms with Gasteiger partial charge in [0.1, 0.15) is 5.75 Å². The summed E-state index contributed by atoms with van der Waals surface area (Å²) in [5.74, 6) is -0.0858. The Balaban J connectivity index is 1.67. The topological polar surface area (TPSA) is 84.9 Å². The van der Waals surface area contributed by atoms with E-state index in [4.69, 9.17) is 11.6 Å². The second kappa shape index (κ2) is 10.2. The Morgan fingerprint density at radius 3 is 2.34 bits per heavy atom. The summed E-state index contributed by atoms with van der Waals surface area (Å²) < 4.78 is 0. The van der Waals surface area contributed by atoms with E-state index in [0.717, 1.165) is 22.5 Å². The molecule has 3 aromatic carbocycles. The number of rotatable bonds is 7. The first-order valence-corrected chi connectivity index (χ1v) is 11.5. The number of nitrogens with zero attached hydrogens (tertiary/aromatic N) is 2. The van der Waals surface area contributed by atoms with Gasteiger partial charge >= 0.3 is 0 Å². The van der Waals surface area contributed by atoms with Crippen molar-refractivity contribution in [3.8, 4) is 5.75 Å². The zero-order valence-electron chi connectivity index (χ0n) is 19.8. The van der Waals surface area contributed by atoms with Gasteiger partial charge in [-0.3, -0.25) is 9.59 Å². The molecule has 35 heavy (non-hydrogen) atoms. The van der Waals surface area contributed by atoms with Crippen LogP contribution in [0.15, 0.2) is 66.7 Å². The molecule has 0 atom stereocenters. The molecule has 0 aromatic heterocycles. The minimum Gasteiger partial charge on any atom is -0.508 e. The van der Waals surface area contributed by atoms with Gasteiger partial charge < -0.3 is 25.5 Å². The average molecular weight is 491 g/mol. The number of carbonyl (C=O) groups is 2. The summed E-state index contributed by atoms with van der Waals surface area (Å²) in [6, 6.07) is 19.4. The highest BCUT2D eigenvalue weighted by Crippen LogP contribution is 2.39. The van der Waals surface area contributed by atoms with Crippen LogP contribution in [0, 0.1) is 0 Å². The van der Waals surface area contributed by atoms with Crippen LogP contribution in [0.2, 0.25) is 5.02 Å². The minimum absolute atomic E-state index is 0.0317. The molecule has 0 saturated heterocycles. The van der Waals surface area contributed by atoms with Crippen molar-refractivity contribution >= 4 is 51.7 Å². The Morgan fingerprint density at radius 2 is 1.69 bits per heavy atom. The van der Waals surface area contributed by atoms with Gasteiger partial charge in [0.2, 0.25) is 5.91 Å². The number of hydrogen-bond donors (Lipinski definition) is 3. The zero-order valence-corrected chi connectivity index (χ0v) is 20.6. The van der Waals surface area contributed by atoms with Gasteiger partial charge in [0.25, 0.3) is 5.91 Å². The van der Waals surface area contributed by atoms with Gasteiger partial charge in [-0.05, 0) is 80.3 Å². The summed E-state index contributed by atoms with van der Waals surface area (Å²) >= 11 is 6.12. The minimum atomic E-state index is -0.249. The highest BCUT2D eigenvalue weighted by molar-refractivity contribution is 6.38. The highest BCUT2D eigenvalue weighted by Gasteiger charge is 2.28. The Hall–Kier alpha value is -3.81. The van der Waals surface area contributed by atoms with Crippen LogP contribution in [0.1, 0.15) is 17.5 Å². The van der Waals surface area contributed by atoms with Crippen LogP contribution in [0.3, 0.4) is 0 Å². The van der Waals surface area contributed by atoms with Gasteiger partial charge in [-0.25, -0.2) is 0 Å². The van der Waals surface area contributed by atoms with Gasteiger partial charge in [-0.15, -0.1) is 0 Å². The standard InChI is InChI=1S/C27H27ClN4O3/c1-31(2)15-14-24(34)32(3)20-9-7-19(8-10-20)29-26(17-4-11-21(33)12-5-17)25-22-13-6-18(28)16-23(22)30-27(25)35/h4-13,16,29,33H,14-15H2,1-3H3,(H,30,35). The molecule has 3 N–H and O–H groups in total. The molecule has 0 fully saturated rings. The fourth-order valence-corrected chi connectivity index (χ4v) is 4.02. The van der Waals surface area contributed by atoms with E-state index in [0.29, 0.717) is 34.9 Å². The average Bonchev–Trinajstić information content (AvgIpc) is 3.16. The predicted octanol–water partition coefficient (Wildman–Crippen LogP) is 4.89. The van der Waals surface area contributed by atoms with E-state index in [1.54, 1.807) is 48.3 Å². The predicted molar refractivity (Wildman–Crippen MR) is 142 cm³/mol. The number of amides is 2. The van der Waals surface area contributed by atoms with Crippen molar-refractivity contribution in [2.24, 2.45) is 0 Å². The molecule has 1 aliphatic rings. The Kier molecular flexibility index (Phi) is 7.10. The van der Waals surface area contributed by atoms with Crippen molar-refractivity contribution in [1.29, 1.82) is 0 Å². The van der Waals surface area contributed by atoms with Crippen LogP contribution in [-0.2, 0) is 9.59 Å². The lowest BCUT2D eigenvalue weighted by molar-refractivity contribution is -0.118. The summed E-state index contributed by atoms with van der Waals surface area (Å²) in [7, 11) is 5.63. The second-order valence-corrected chi connectivity index (χ2v) is 9.06. The van der Waals surface area contributed by atoms with Crippen molar-refractivity contribution in [3.63, 3.8) is 0 Å². The third-order valence-electron chi connectivity index (χ3n) is 5.80. The summed E-state index contributed by atoms with van der Waals surface area (Å²) in [6.07, 6.45) is 0.430. The van der Waals surface area contributed by atoms with E-state index in [1.807, 2.05) is 49.3 Å². The number of anilines is 3. The van der Waals surface area contributed by atoms with Gasteiger partial charge in [-0.1, -0.05) is 17.7 Å². The molecule has 0 spiro atoms. The quantitative estimate of drug-likeness (QED) is 0.410.